The second kappa shape index (κ2) is 4.78. The third kappa shape index (κ3) is 1.84. The highest BCUT2D eigenvalue weighted by Crippen LogP contribution is 2.40. The van der Waals surface area contributed by atoms with Crippen molar-refractivity contribution >= 4 is 16.9 Å². The Morgan fingerprint density at radius 1 is 1.52 bits per heavy atom. The Kier molecular flexibility index (Phi) is 3.18. The standard InChI is InChI=1S/C13H16N4O4/c1-2-13(20)9(19)8(5-18)21-12(13)17-4-3-7-10(14)15-6-16-11(7)17/h2-4,6,8-9,12,18-20H,1,5H2,(H2,14,15,16). The minimum Gasteiger partial charge on any atom is -0.394 e. The Hall–Kier alpha value is -2.00. The van der Waals surface area contributed by atoms with E-state index in [1.54, 1.807) is 12.3 Å². The van der Waals surface area contributed by atoms with Crippen molar-refractivity contribution in [3.8, 4) is 0 Å². The van der Waals surface area contributed by atoms with Gasteiger partial charge < -0.3 is 30.4 Å². The lowest BCUT2D eigenvalue weighted by molar-refractivity contribution is -0.0768. The van der Waals surface area contributed by atoms with Gasteiger partial charge in [-0.15, -0.1) is 0 Å². The first kappa shape index (κ1) is 14.0. The van der Waals surface area contributed by atoms with Crippen LogP contribution in [0.3, 0.4) is 0 Å². The van der Waals surface area contributed by atoms with Crippen LogP contribution in [0.25, 0.3) is 11.0 Å². The van der Waals surface area contributed by atoms with E-state index < -0.39 is 30.6 Å². The molecule has 0 radical (unpaired) electrons. The molecule has 5 N–H and O–H groups in total. The van der Waals surface area contributed by atoms with Crippen molar-refractivity contribution in [3.63, 3.8) is 0 Å². The quantitative estimate of drug-likeness (QED) is 0.544. The molecule has 3 rings (SSSR count). The molecule has 1 fully saturated rings. The summed E-state index contributed by atoms with van der Waals surface area (Å²) < 4.78 is 7.10. The van der Waals surface area contributed by atoms with Crippen molar-refractivity contribution in [1.82, 2.24) is 14.5 Å². The molecule has 0 aromatic carbocycles. The van der Waals surface area contributed by atoms with Crippen molar-refractivity contribution in [2.75, 3.05) is 12.3 Å². The van der Waals surface area contributed by atoms with Gasteiger partial charge in [0.2, 0.25) is 0 Å². The van der Waals surface area contributed by atoms with Gasteiger partial charge in [-0.3, -0.25) is 0 Å². The van der Waals surface area contributed by atoms with Crippen molar-refractivity contribution < 1.29 is 20.1 Å². The van der Waals surface area contributed by atoms with Gasteiger partial charge in [0.1, 0.15) is 30.0 Å². The average Bonchev–Trinajstić information content (AvgIpc) is 3.01. The Labute approximate surface area is 120 Å². The topological polar surface area (TPSA) is 127 Å². The summed E-state index contributed by atoms with van der Waals surface area (Å²) in [6.45, 7) is 3.12. The minimum atomic E-state index is -1.75. The maximum absolute atomic E-state index is 10.6. The third-order valence-corrected chi connectivity index (χ3v) is 3.82. The van der Waals surface area contributed by atoms with Crippen molar-refractivity contribution in [1.29, 1.82) is 0 Å². The largest absolute Gasteiger partial charge is 0.394 e. The molecular weight excluding hydrogens is 276 g/mol. The summed E-state index contributed by atoms with van der Waals surface area (Å²) in [5.41, 5.74) is 4.48. The fourth-order valence-corrected chi connectivity index (χ4v) is 2.63. The van der Waals surface area contributed by atoms with E-state index in [4.69, 9.17) is 10.5 Å². The lowest BCUT2D eigenvalue weighted by atomic mass is 9.94. The number of aromatic nitrogens is 3. The SMILES string of the molecule is C=CC1(O)C(O)C(CO)OC1n1ccc2c(N)ncnc21. The van der Waals surface area contributed by atoms with Crippen LogP contribution in [0, 0.1) is 0 Å². The Morgan fingerprint density at radius 2 is 2.29 bits per heavy atom. The van der Waals surface area contributed by atoms with Crippen molar-refractivity contribution in [2.45, 2.75) is 24.0 Å². The highest BCUT2D eigenvalue weighted by molar-refractivity contribution is 5.86. The summed E-state index contributed by atoms with van der Waals surface area (Å²) in [4.78, 5) is 8.01. The highest BCUT2D eigenvalue weighted by atomic mass is 16.6. The van der Waals surface area contributed by atoms with E-state index in [0.29, 0.717) is 16.9 Å². The summed E-state index contributed by atoms with van der Waals surface area (Å²) in [7, 11) is 0. The number of hydrogen-bond donors (Lipinski definition) is 4. The first-order valence-electron chi connectivity index (χ1n) is 6.40. The van der Waals surface area contributed by atoms with Gasteiger partial charge in [-0.25, -0.2) is 9.97 Å². The molecule has 0 bridgehead atoms. The fourth-order valence-electron chi connectivity index (χ4n) is 2.63. The molecule has 4 unspecified atom stereocenters. The van der Waals surface area contributed by atoms with Gasteiger partial charge in [-0.2, -0.15) is 0 Å². The number of nitrogen functional groups attached to an aromatic ring is 1. The van der Waals surface area contributed by atoms with Crippen LogP contribution in [0.15, 0.2) is 31.2 Å². The van der Waals surface area contributed by atoms with Crippen LogP contribution in [-0.2, 0) is 4.74 Å². The second-order valence-corrected chi connectivity index (χ2v) is 4.96. The normalized spacial score (nSPS) is 32.6. The van der Waals surface area contributed by atoms with Gasteiger partial charge in [0.25, 0.3) is 0 Å². The summed E-state index contributed by atoms with van der Waals surface area (Å²) >= 11 is 0. The van der Waals surface area contributed by atoms with E-state index in [2.05, 4.69) is 16.5 Å². The first-order chi connectivity index (χ1) is 10.0. The number of nitrogens with zero attached hydrogens (tertiary/aromatic N) is 3. The summed E-state index contributed by atoms with van der Waals surface area (Å²) in [5.74, 6) is 0.304. The van der Waals surface area contributed by atoms with Gasteiger partial charge in [-0.05, 0) is 6.07 Å². The molecule has 0 saturated carbocycles. The lowest BCUT2D eigenvalue weighted by Crippen LogP contribution is -2.45. The molecule has 2 aromatic rings. The predicted octanol–water partition coefficient (Wildman–Crippen LogP) is -0.819. The number of hydrogen-bond acceptors (Lipinski definition) is 7. The molecule has 3 heterocycles. The number of aliphatic hydroxyl groups excluding tert-OH is 2. The molecule has 21 heavy (non-hydrogen) atoms. The lowest BCUT2D eigenvalue weighted by Gasteiger charge is -2.28. The molecule has 2 aromatic heterocycles. The second-order valence-electron chi connectivity index (χ2n) is 4.96. The number of fused-ring (bicyclic) bond motifs is 1. The van der Waals surface area contributed by atoms with Gasteiger partial charge >= 0.3 is 0 Å². The first-order valence-corrected chi connectivity index (χ1v) is 6.40. The molecule has 0 spiro atoms. The van der Waals surface area contributed by atoms with Crippen LogP contribution in [0.5, 0.6) is 0 Å². The molecule has 1 aliphatic rings. The monoisotopic (exact) mass is 292 g/mol. The van der Waals surface area contributed by atoms with E-state index >= 15 is 0 Å². The molecular formula is C13H16N4O4. The van der Waals surface area contributed by atoms with Crippen LogP contribution in [-0.4, -0.2) is 54.3 Å². The van der Waals surface area contributed by atoms with Gasteiger partial charge in [-0.1, -0.05) is 12.7 Å². The smallest absolute Gasteiger partial charge is 0.171 e. The summed E-state index contributed by atoms with van der Waals surface area (Å²) in [6.07, 6.45) is 0.927. The predicted molar refractivity (Wildman–Crippen MR) is 74.1 cm³/mol. The molecule has 4 atom stereocenters. The molecule has 0 amide bonds. The molecule has 112 valence electrons. The summed E-state index contributed by atoms with van der Waals surface area (Å²) in [6, 6.07) is 1.69. The van der Waals surface area contributed by atoms with Crippen LogP contribution >= 0.6 is 0 Å². The van der Waals surface area contributed by atoms with Crippen LogP contribution in [0.2, 0.25) is 0 Å². The zero-order valence-corrected chi connectivity index (χ0v) is 11.1. The maximum Gasteiger partial charge on any atom is 0.171 e. The zero-order chi connectivity index (χ0) is 15.2. The number of aliphatic hydroxyl groups is 3. The fraction of sp³-hybridized carbons (Fsp3) is 0.385. The number of nitrogens with two attached hydrogens (primary N) is 1. The van der Waals surface area contributed by atoms with Crippen molar-refractivity contribution in [2.24, 2.45) is 0 Å². The third-order valence-electron chi connectivity index (χ3n) is 3.82. The number of ether oxygens (including phenoxy) is 1. The van der Waals surface area contributed by atoms with Gasteiger partial charge in [0.15, 0.2) is 11.8 Å². The van der Waals surface area contributed by atoms with Crippen LogP contribution < -0.4 is 5.73 Å². The highest BCUT2D eigenvalue weighted by Gasteiger charge is 2.54. The van der Waals surface area contributed by atoms with E-state index in [-0.39, 0.29) is 0 Å². The summed E-state index contributed by atoms with van der Waals surface area (Å²) in [5, 5.41) is 30.6. The minimum absolute atomic E-state index is 0.304. The maximum atomic E-state index is 10.6. The molecule has 8 heteroatoms. The Morgan fingerprint density at radius 3 is 2.95 bits per heavy atom. The van der Waals surface area contributed by atoms with E-state index in [9.17, 15) is 15.3 Å². The molecule has 8 nitrogen and oxygen atoms in total. The van der Waals surface area contributed by atoms with E-state index in [1.807, 2.05) is 0 Å². The van der Waals surface area contributed by atoms with Gasteiger partial charge in [0, 0.05) is 6.20 Å². The Bertz CT molecular complexity index is 688. The zero-order valence-electron chi connectivity index (χ0n) is 11.1. The molecule has 1 aliphatic heterocycles. The van der Waals surface area contributed by atoms with E-state index in [0.717, 1.165) is 0 Å². The number of anilines is 1. The van der Waals surface area contributed by atoms with Crippen LogP contribution in [0.4, 0.5) is 5.82 Å². The number of rotatable bonds is 3. The van der Waals surface area contributed by atoms with Crippen molar-refractivity contribution in [3.05, 3.63) is 31.2 Å². The molecule has 1 saturated heterocycles. The average molecular weight is 292 g/mol. The van der Waals surface area contributed by atoms with E-state index in [1.165, 1.54) is 17.0 Å². The molecule has 0 aliphatic carbocycles. The Balaban J connectivity index is 2.13. The van der Waals surface area contributed by atoms with Crippen LogP contribution in [0.1, 0.15) is 6.23 Å². The van der Waals surface area contributed by atoms with Gasteiger partial charge in [0.05, 0.1) is 12.0 Å².